The average Bonchev–Trinajstić information content (AvgIpc) is 3.47. The van der Waals surface area contributed by atoms with Crippen molar-refractivity contribution < 1.29 is 14.7 Å². The van der Waals surface area contributed by atoms with Crippen LogP contribution in [0, 0.1) is 5.92 Å². The molecule has 1 fully saturated rings. The van der Waals surface area contributed by atoms with Crippen LogP contribution in [0.4, 0.5) is 16.5 Å². The van der Waals surface area contributed by atoms with Gasteiger partial charge in [-0.2, -0.15) is 0 Å². The largest absolute Gasteiger partial charge is 0.395 e. The SMILES string of the molecule is O=C(Nc1ccc(N2CCC(C(=O)c3ccc(Cl)cc3)CC2)cc1)c1cc2sc(NCCO)nc2s1. The molecule has 186 valence electrons. The number of thiophene rings is 1. The number of nitrogens with zero attached hydrogens (tertiary/aromatic N) is 2. The van der Waals surface area contributed by atoms with E-state index in [1.807, 2.05) is 30.3 Å². The Morgan fingerprint density at radius 2 is 1.78 bits per heavy atom. The summed E-state index contributed by atoms with van der Waals surface area (Å²) in [5.41, 5.74) is 2.53. The zero-order chi connectivity index (χ0) is 25.1. The second kappa shape index (κ2) is 11.0. The summed E-state index contributed by atoms with van der Waals surface area (Å²) in [6, 6.07) is 16.8. The summed E-state index contributed by atoms with van der Waals surface area (Å²) >= 11 is 8.75. The van der Waals surface area contributed by atoms with E-state index in [1.54, 1.807) is 24.3 Å². The van der Waals surface area contributed by atoms with Crippen molar-refractivity contribution in [1.82, 2.24) is 4.98 Å². The third kappa shape index (κ3) is 5.54. The number of anilines is 3. The molecule has 7 nitrogen and oxygen atoms in total. The molecule has 3 N–H and O–H groups in total. The molecule has 0 aliphatic carbocycles. The number of piperidine rings is 1. The average molecular weight is 541 g/mol. The first-order valence-corrected chi connectivity index (χ1v) is 13.7. The van der Waals surface area contributed by atoms with Crippen molar-refractivity contribution in [2.75, 3.05) is 41.8 Å². The predicted molar refractivity (Wildman–Crippen MR) is 148 cm³/mol. The zero-order valence-corrected chi connectivity index (χ0v) is 21.8. The van der Waals surface area contributed by atoms with Crippen molar-refractivity contribution in [3.63, 3.8) is 0 Å². The van der Waals surface area contributed by atoms with E-state index in [9.17, 15) is 9.59 Å². The first-order chi connectivity index (χ1) is 17.5. The highest BCUT2D eigenvalue weighted by Gasteiger charge is 2.26. The van der Waals surface area contributed by atoms with Crippen LogP contribution in [0.25, 0.3) is 9.53 Å². The van der Waals surface area contributed by atoms with Gasteiger partial charge in [0.2, 0.25) is 0 Å². The van der Waals surface area contributed by atoms with E-state index in [4.69, 9.17) is 16.7 Å². The van der Waals surface area contributed by atoms with Crippen LogP contribution in [0.3, 0.4) is 0 Å². The fourth-order valence-corrected chi connectivity index (χ4v) is 6.45. The van der Waals surface area contributed by atoms with E-state index in [2.05, 4.69) is 20.5 Å². The van der Waals surface area contributed by atoms with E-state index >= 15 is 0 Å². The fraction of sp³-hybridized carbons (Fsp3) is 0.269. The molecular formula is C26H25ClN4O3S2. The minimum Gasteiger partial charge on any atom is -0.395 e. The molecule has 0 atom stereocenters. The van der Waals surface area contributed by atoms with Crippen LogP contribution in [-0.2, 0) is 0 Å². The van der Waals surface area contributed by atoms with Gasteiger partial charge in [0, 0.05) is 47.5 Å². The van der Waals surface area contributed by atoms with Gasteiger partial charge in [0.05, 0.1) is 16.2 Å². The van der Waals surface area contributed by atoms with Gasteiger partial charge in [0.15, 0.2) is 10.9 Å². The van der Waals surface area contributed by atoms with Crippen LogP contribution in [0.5, 0.6) is 0 Å². The molecule has 1 saturated heterocycles. The molecule has 0 saturated carbocycles. The van der Waals surface area contributed by atoms with Gasteiger partial charge in [-0.3, -0.25) is 9.59 Å². The van der Waals surface area contributed by atoms with Crippen molar-refractivity contribution in [1.29, 1.82) is 0 Å². The summed E-state index contributed by atoms with van der Waals surface area (Å²) in [6.07, 6.45) is 1.61. The summed E-state index contributed by atoms with van der Waals surface area (Å²) in [7, 11) is 0. The molecule has 3 heterocycles. The van der Waals surface area contributed by atoms with Gasteiger partial charge in [0.25, 0.3) is 5.91 Å². The van der Waals surface area contributed by atoms with E-state index in [0.29, 0.717) is 16.4 Å². The summed E-state index contributed by atoms with van der Waals surface area (Å²) in [5, 5.41) is 16.3. The number of aliphatic hydroxyl groups is 1. The predicted octanol–water partition coefficient (Wildman–Crippen LogP) is 5.77. The number of rotatable bonds is 8. The Kier molecular flexibility index (Phi) is 7.52. The van der Waals surface area contributed by atoms with Gasteiger partial charge in [-0.25, -0.2) is 4.98 Å². The fourth-order valence-electron chi connectivity index (χ4n) is 4.28. The maximum atomic E-state index is 12.8. The normalized spacial score (nSPS) is 14.2. The summed E-state index contributed by atoms with van der Waals surface area (Å²) < 4.78 is 0.943. The van der Waals surface area contributed by atoms with Crippen molar-refractivity contribution in [3.8, 4) is 0 Å². The lowest BCUT2D eigenvalue weighted by Crippen LogP contribution is -2.36. The van der Waals surface area contributed by atoms with E-state index in [-0.39, 0.29) is 24.2 Å². The summed E-state index contributed by atoms with van der Waals surface area (Å²) in [6.45, 7) is 2.11. The molecule has 2 aromatic carbocycles. The van der Waals surface area contributed by atoms with Gasteiger partial charge < -0.3 is 20.6 Å². The minimum atomic E-state index is -0.163. The third-order valence-electron chi connectivity index (χ3n) is 6.19. The number of Topliss-reactive ketones (excluding diaryl/α,β-unsaturated/α-hetero) is 1. The molecule has 4 aromatic rings. The molecule has 0 unspecified atom stereocenters. The Morgan fingerprint density at radius 1 is 1.06 bits per heavy atom. The Hall–Kier alpha value is -2.98. The smallest absolute Gasteiger partial charge is 0.265 e. The Bertz CT molecular complexity index is 1330. The van der Waals surface area contributed by atoms with E-state index in [1.165, 1.54) is 22.7 Å². The maximum Gasteiger partial charge on any atom is 0.265 e. The van der Waals surface area contributed by atoms with Crippen LogP contribution < -0.4 is 15.5 Å². The number of carbonyl (C=O) groups excluding carboxylic acids is 2. The minimum absolute atomic E-state index is 0.0254. The van der Waals surface area contributed by atoms with Crippen molar-refractivity contribution in [2.24, 2.45) is 5.92 Å². The molecule has 36 heavy (non-hydrogen) atoms. The molecule has 0 radical (unpaired) electrons. The summed E-state index contributed by atoms with van der Waals surface area (Å²) in [5.74, 6) is 0.0486. The summed E-state index contributed by atoms with van der Waals surface area (Å²) in [4.78, 5) is 33.7. The molecule has 2 aromatic heterocycles. The number of amides is 1. The Labute approximate surface area is 221 Å². The van der Waals surface area contributed by atoms with Gasteiger partial charge in [-0.15, -0.1) is 11.3 Å². The molecule has 0 spiro atoms. The lowest BCUT2D eigenvalue weighted by Gasteiger charge is -2.33. The lowest BCUT2D eigenvalue weighted by molar-refractivity contribution is 0.0900. The molecule has 10 heteroatoms. The molecule has 0 bridgehead atoms. The number of halogens is 1. The molecule has 1 aliphatic heterocycles. The highest BCUT2D eigenvalue weighted by atomic mass is 35.5. The number of fused-ring (bicyclic) bond motifs is 1. The van der Waals surface area contributed by atoms with Crippen LogP contribution >= 0.6 is 34.3 Å². The number of carbonyl (C=O) groups is 2. The van der Waals surface area contributed by atoms with Crippen LogP contribution in [-0.4, -0.2) is 48.0 Å². The number of benzene rings is 2. The van der Waals surface area contributed by atoms with Crippen LogP contribution in [0.2, 0.25) is 5.02 Å². The number of thiazole rings is 1. The van der Waals surface area contributed by atoms with Crippen molar-refractivity contribution in [3.05, 3.63) is 70.1 Å². The second-order valence-electron chi connectivity index (χ2n) is 8.58. The van der Waals surface area contributed by atoms with Gasteiger partial charge in [-0.1, -0.05) is 22.9 Å². The maximum absolute atomic E-state index is 12.8. The highest BCUT2D eigenvalue weighted by Crippen LogP contribution is 2.33. The topological polar surface area (TPSA) is 94.6 Å². The van der Waals surface area contributed by atoms with Gasteiger partial charge in [-0.05, 0) is 67.4 Å². The van der Waals surface area contributed by atoms with Crippen molar-refractivity contribution >= 4 is 72.0 Å². The number of hydrogen-bond acceptors (Lipinski definition) is 8. The number of nitrogens with one attached hydrogen (secondary N) is 2. The first kappa shape index (κ1) is 24.7. The zero-order valence-electron chi connectivity index (χ0n) is 19.4. The molecule has 1 aliphatic rings. The molecule has 5 rings (SSSR count). The highest BCUT2D eigenvalue weighted by molar-refractivity contribution is 7.29. The first-order valence-electron chi connectivity index (χ1n) is 11.7. The lowest BCUT2D eigenvalue weighted by atomic mass is 9.88. The number of aliphatic hydroxyl groups excluding tert-OH is 1. The second-order valence-corrected chi connectivity index (χ2v) is 11.1. The van der Waals surface area contributed by atoms with Crippen LogP contribution in [0.15, 0.2) is 54.6 Å². The number of hydrogen-bond donors (Lipinski definition) is 3. The number of aromatic nitrogens is 1. The number of ketones is 1. The van der Waals surface area contributed by atoms with Crippen molar-refractivity contribution in [2.45, 2.75) is 12.8 Å². The molecular weight excluding hydrogens is 516 g/mol. The van der Waals surface area contributed by atoms with Crippen LogP contribution in [0.1, 0.15) is 32.9 Å². The monoisotopic (exact) mass is 540 g/mol. The van der Waals surface area contributed by atoms with Gasteiger partial charge >= 0.3 is 0 Å². The molecule has 1 amide bonds. The Morgan fingerprint density at radius 3 is 2.44 bits per heavy atom. The van der Waals surface area contributed by atoms with E-state index < -0.39 is 0 Å². The third-order valence-corrected chi connectivity index (χ3v) is 8.55. The standard InChI is InChI=1S/C26H25ClN4O3S2/c27-18-3-1-16(2-4-18)23(33)17-9-12-31(13-10-17)20-7-5-19(6-8-20)29-24(34)21-15-22-25(35-21)30-26(36-22)28-11-14-32/h1-8,15,17,32H,9-14H2,(H,28,30)(H,29,34). The van der Waals surface area contributed by atoms with Gasteiger partial charge in [0.1, 0.15) is 4.83 Å². The van der Waals surface area contributed by atoms with E-state index in [0.717, 1.165) is 57.5 Å². The Balaban J connectivity index is 1.15. The quantitative estimate of drug-likeness (QED) is 0.246.